The van der Waals surface area contributed by atoms with E-state index in [1.807, 2.05) is 30.3 Å². The van der Waals surface area contributed by atoms with Crippen molar-refractivity contribution in [3.05, 3.63) is 35.9 Å². The lowest BCUT2D eigenvalue weighted by atomic mass is 9.86. The molecule has 110 valence electrons. The van der Waals surface area contributed by atoms with Gasteiger partial charge in [0.2, 0.25) is 0 Å². The summed E-state index contributed by atoms with van der Waals surface area (Å²) in [5, 5.41) is 3.54. The molecular weight excluding hydrogens is 250 g/mol. The monoisotopic (exact) mass is 275 g/mol. The van der Waals surface area contributed by atoms with E-state index in [1.54, 1.807) is 0 Å². The molecule has 20 heavy (non-hydrogen) atoms. The van der Waals surface area contributed by atoms with Crippen LogP contribution in [0.15, 0.2) is 30.3 Å². The zero-order valence-corrected chi connectivity index (χ0v) is 12.3. The van der Waals surface area contributed by atoms with Crippen LogP contribution in [0.25, 0.3) is 0 Å². The van der Waals surface area contributed by atoms with E-state index in [0.29, 0.717) is 12.6 Å². The molecule has 1 aliphatic rings. The van der Waals surface area contributed by atoms with Crippen molar-refractivity contribution in [1.82, 2.24) is 5.32 Å². The molecule has 1 fully saturated rings. The second-order valence-electron chi connectivity index (χ2n) is 5.60. The zero-order valence-electron chi connectivity index (χ0n) is 12.3. The summed E-state index contributed by atoms with van der Waals surface area (Å²) in [7, 11) is 0. The molecule has 1 N–H and O–H groups in total. The second kappa shape index (κ2) is 8.05. The van der Waals surface area contributed by atoms with E-state index in [2.05, 4.69) is 12.2 Å². The van der Waals surface area contributed by atoms with Crippen LogP contribution in [0.3, 0.4) is 0 Å². The Morgan fingerprint density at radius 2 is 1.90 bits per heavy atom. The molecule has 3 nitrogen and oxygen atoms in total. The fourth-order valence-electron chi connectivity index (χ4n) is 2.73. The van der Waals surface area contributed by atoms with Gasteiger partial charge in [0.1, 0.15) is 6.61 Å². The highest BCUT2D eigenvalue weighted by Crippen LogP contribution is 2.25. The SMILES string of the molecule is CCCNC1CCC(C(=O)OCc2ccccc2)CC1. The summed E-state index contributed by atoms with van der Waals surface area (Å²) in [6, 6.07) is 10.5. The Labute approximate surface area is 121 Å². The van der Waals surface area contributed by atoms with Crippen LogP contribution in [0.1, 0.15) is 44.6 Å². The molecule has 0 spiro atoms. The zero-order chi connectivity index (χ0) is 14.2. The fourth-order valence-corrected chi connectivity index (χ4v) is 2.73. The lowest BCUT2D eigenvalue weighted by molar-refractivity contribution is -0.151. The molecule has 0 heterocycles. The van der Waals surface area contributed by atoms with Gasteiger partial charge in [0.25, 0.3) is 0 Å². The normalized spacial score (nSPS) is 22.4. The molecule has 2 rings (SSSR count). The summed E-state index contributed by atoms with van der Waals surface area (Å²) < 4.78 is 5.42. The van der Waals surface area contributed by atoms with Gasteiger partial charge in [-0.25, -0.2) is 0 Å². The summed E-state index contributed by atoms with van der Waals surface area (Å²) in [5.41, 5.74) is 1.05. The molecule has 0 radical (unpaired) electrons. The Kier molecular flexibility index (Phi) is 6.06. The van der Waals surface area contributed by atoms with Crippen LogP contribution in [0.4, 0.5) is 0 Å². The van der Waals surface area contributed by atoms with E-state index in [0.717, 1.165) is 37.8 Å². The van der Waals surface area contributed by atoms with Gasteiger partial charge in [-0.3, -0.25) is 4.79 Å². The predicted octanol–water partition coefficient (Wildman–Crippen LogP) is 3.29. The summed E-state index contributed by atoms with van der Waals surface area (Å²) in [5.74, 6) is 0.0705. The number of carbonyl (C=O) groups excluding carboxylic acids is 1. The van der Waals surface area contributed by atoms with Gasteiger partial charge in [-0.1, -0.05) is 37.3 Å². The Morgan fingerprint density at radius 1 is 1.20 bits per heavy atom. The Hall–Kier alpha value is -1.35. The standard InChI is InChI=1S/C17H25NO2/c1-2-12-18-16-10-8-15(9-11-16)17(19)20-13-14-6-4-3-5-7-14/h3-7,15-16,18H,2,8-13H2,1H3. The van der Waals surface area contributed by atoms with Gasteiger partial charge >= 0.3 is 5.97 Å². The number of hydrogen-bond acceptors (Lipinski definition) is 3. The Balaban J connectivity index is 1.69. The maximum atomic E-state index is 12.0. The number of nitrogens with one attached hydrogen (secondary N) is 1. The number of ether oxygens (including phenoxy) is 1. The third-order valence-corrected chi connectivity index (χ3v) is 3.97. The minimum absolute atomic E-state index is 0.0252. The molecule has 0 saturated heterocycles. The van der Waals surface area contributed by atoms with E-state index in [-0.39, 0.29) is 11.9 Å². The molecule has 0 atom stereocenters. The van der Waals surface area contributed by atoms with Crippen LogP contribution in [-0.2, 0) is 16.1 Å². The summed E-state index contributed by atoms with van der Waals surface area (Å²) in [6.45, 7) is 3.65. The van der Waals surface area contributed by atoms with Gasteiger partial charge in [-0.05, 0) is 44.2 Å². The van der Waals surface area contributed by atoms with E-state index in [9.17, 15) is 4.79 Å². The second-order valence-corrected chi connectivity index (χ2v) is 5.60. The molecule has 1 saturated carbocycles. The van der Waals surface area contributed by atoms with Crippen molar-refractivity contribution in [3.63, 3.8) is 0 Å². The molecule has 0 aliphatic heterocycles. The highest BCUT2D eigenvalue weighted by molar-refractivity contribution is 5.72. The van der Waals surface area contributed by atoms with Crippen molar-refractivity contribution in [2.45, 2.75) is 51.7 Å². The molecule has 1 aromatic rings. The molecule has 0 aromatic heterocycles. The number of rotatable bonds is 6. The van der Waals surface area contributed by atoms with Crippen molar-refractivity contribution in [3.8, 4) is 0 Å². The smallest absolute Gasteiger partial charge is 0.309 e. The van der Waals surface area contributed by atoms with Crippen LogP contribution in [-0.4, -0.2) is 18.6 Å². The molecular formula is C17H25NO2. The van der Waals surface area contributed by atoms with Crippen LogP contribution in [0.5, 0.6) is 0 Å². The maximum Gasteiger partial charge on any atom is 0.309 e. The van der Waals surface area contributed by atoms with Gasteiger partial charge in [0.05, 0.1) is 5.92 Å². The van der Waals surface area contributed by atoms with Crippen molar-refractivity contribution in [2.24, 2.45) is 5.92 Å². The summed E-state index contributed by atoms with van der Waals surface area (Å²) >= 11 is 0. The first kappa shape index (κ1) is 15.0. The lowest BCUT2D eigenvalue weighted by Gasteiger charge is -2.27. The number of esters is 1. The number of benzene rings is 1. The molecule has 1 aromatic carbocycles. The van der Waals surface area contributed by atoms with Crippen molar-refractivity contribution < 1.29 is 9.53 Å². The first-order valence-electron chi connectivity index (χ1n) is 7.73. The third kappa shape index (κ3) is 4.64. The molecule has 0 bridgehead atoms. The largest absolute Gasteiger partial charge is 0.461 e. The average molecular weight is 275 g/mol. The van der Waals surface area contributed by atoms with E-state index in [4.69, 9.17) is 4.74 Å². The Morgan fingerprint density at radius 3 is 2.55 bits per heavy atom. The third-order valence-electron chi connectivity index (χ3n) is 3.97. The van der Waals surface area contributed by atoms with Gasteiger partial charge < -0.3 is 10.1 Å². The van der Waals surface area contributed by atoms with Crippen LogP contribution in [0, 0.1) is 5.92 Å². The van der Waals surface area contributed by atoms with E-state index in [1.165, 1.54) is 6.42 Å². The highest BCUT2D eigenvalue weighted by Gasteiger charge is 2.26. The highest BCUT2D eigenvalue weighted by atomic mass is 16.5. The predicted molar refractivity (Wildman–Crippen MR) is 80.3 cm³/mol. The van der Waals surface area contributed by atoms with Crippen LogP contribution < -0.4 is 5.32 Å². The summed E-state index contributed by atoms with van der Waals surface area (Å²) in [4.78, 5) is 12.0. The number of hydrogen-bond donors (Lipinski definition) is 1. The van der Waals surface area contributed by atoms with Crippen LogP contribution >= 0.6 is 0 Å². The molecule has 0 unspecified atom stereocenters. The van der Waals surface area contributed by atoms with Crippen LogP contribution in [0.2, 0.25) is 0 Å². The minimum atomic E-state index is -0.0252. The maximum absolute atomic E-state index is 12.0. The number of carbonyl (C=O) groups is 1. The van der Waals surface area contributed by atoms with Crippen molar-refractivity contribution in [2.75, 3.05) is 6.54 Å². The first-order chi connectivity index (χ1) is 9.79. The minimum Gasteiger partial charge on any atom is -0.461 e. The quantitative estimate of drug-likeness (QED) is 0.810. The molecule has 0 amide bonds. The lowest BCUT2D eigenvalue weighted by Crippen LogP contribution is -2.35. The Bertz CT molecular complexity index is 397. The average Bonchev–Trinajstić information content (AvgIpc) is 2.52. The van der Waals surface area contributed by atoms with Crippen molar-refractivity contribution in [1.29, 1.82) is 0 Å². The topological polar surface area (TPSA) is 38.3 Å². The van der Waals surface area contributed by atoms with E-state index < -0.39 is 0 Å². The summed E-state index contributed by atoms with van der Waals surface area (Å²) in [6.07, 6.45) is 5.25. The van der Waals surface area contributed by atoms with Gasteiger partial charge in [0, 0.05) is 6.04 Å². The van der Waals surface area contributed by atoms with Gasteiger partial charge in [-0.2, -0.15) is 0 Å². The van der Waals surface area contributed by atoms with E-state index >= 15 is 0 Å². The molecule has 3 heteroatoms. The van der Waals surface area contributed by atoms with Gasteiger partial charge in [-0.15, -0.1) is 0 Å². The fraction of sp³-hybridized carbons (Fsp3) is 0.588. The van der Waals surface area contributed by atoms with Gasteiger partial charge in [0.15, 0.2) is 0 Å². The van der Waals surface area contributed by atoms with Crippen molar-refractivity contribution >= 4 is 5.97 Å². The molecule has 1 aliphatic carbocycles. The first-order valence-corrected chi connectivity index (χ1v) is 7.73.